The smallest absolute Gasteiger partial charge is 0.241 e. The first kappa shape index (κ1) is 27.8. The molecule has 4 bridgehead atoms. The van der Waals surface area contributed by atoms with E-state index in [0.29, 0.717) is 41.6 Å². The van der Waals surface area contributed by atoms with E-state index in [0.717, 1.165) is 32.1 Å². The standard InChI is InChI=1S/C29H43ClN4O4/c1-17(27(37)32-26-19-9-18-10-20(26)13-29(38,11-18)12-19)8-24(35)22(31)14-33-15-25(36)34(16-28(33,2)3)23-7-5-4-6-21(23)30/h4-7,17-20,22,24,26,35,38H,8-16,31H2,1-3H3,(H,32,37)/t17-,18?,19?,20?,22+,24+,26?,29?/m1/s1. The molecule has 1 heterocycles. The van der Waals surface area contributed by atoms with Gasteiger partial charge in [0.15, 0.2) is 0 Å². The molecule has 5 atom stereocenters. The van der Waals surface area contributed by atoms with Crippen LogP contribution in [0.25, 0.3) is 0 Å². The first-order valence-corrected chi connectivity index (χ1v) is 14.5. The highest BCUT2D eigenvalue weighted by molar-refractivity contribution is 6.33. The number of nitrogens with one attached hydrogen (secondary N) is 1. The predicted octanol–water partition coefficient (Wildman–Crippen LogP) is 2.54. The second-order valence-electron chi connectivity index (χ2n) is 13.2. The van der Waals surface area contributed by atoms with Crippen molar-refractivity contribution < 1.29 is 19.8 Å². The van der Waals surface area contributed by atoms with Crippen LogP contribution in [0.1, 0.15) is 59.3 Å². The Morgan fingerprint density at radius 1 is 1.21 bits per heavy atom. The molecule has 2 amide bonds. The van der Waals surface area contributed by atoms with Crippen LogP contribution < -0.4 is 16.0 Å². The molecule has 38 heavy (non-hydrogen) atoms. The van der Waals surface area contributed by atoms with Crippen molar-refractivity contribution in [1.29, 1.82) is 0 Å². The molecule has 1 aromatic carbocycles. The Hall–Kier alpha value is -1.71. The van der Waals surface area contributed by atoms with E-state index in [4.69, 9.17) is 17.3 Å². The van der Waals surface area contributed by atoms with Crippen LogP contribution in [-0.4, -0.2) is 75.9 Å². The van der Waals surface area contributed by atoms with Crippen LogP contribution in [0.3, 0.4) is 0 Å². The van der Waals surface area contributed by atoms with Crippen molar-refractivity contribution in [3.63, 3.8) is 0 Å². The van der Waals surface area contributed by atoms with Crippen LogP contribution in [0.5, 0.6) is 0 Å². The summed E-state index contributed by atoms with van der Waals surface area (Å²) in [7, 11) is 0. The summed E-state index contributed by atoms with van der Waals surface area (Å²) in [5.41, 5.74) is 6.22. The number of piperazine rings is 1. The molecule has 6 rings (SSSR count). The fourth-order valence-electron chi connectivity index (χ4n) is 7.78. The number of halogens is 1. The van der Waals surface area contributed by atoms with Crippen molar-refractivity contribution >= 4 is 29.1 Å². The molecule has 5 N–H and O–H groups in total. The maximum atomic E-state index is 13.1. The summed E-state index contributed by atoms with van der Waals surface area (Å²) in [4.78, 5) is 29.9. The summed E-state index contributed by atoms with van der Waals surface area (Å²) in [6, 6.07) is 6.85. The molecule has 0 radical (unpaired) electrons. The number of aliphatic hydroxyl groups excluding tert-OH is 1. The molecular formula is C29H43ClN4O4. The third-order valence-electron chi connectivity index (χ3n) is 9.69. The quantitative estimate of drug-likeness (QED) is 0.398. The Kier molecular flexibility index (Phi) is 7.59. The minimum absolute atomic E-state index is 0.0513. The van der Waals surface area contributed by atoms with Gasteiger partial charge in [0.25, 0.3) is 0 Å². The first-order chi connectivity index (χ1) is 17.8. The lowest BCUT2D eigenvalue weighted by Crippen LogP contribution is -2.64. The average Bonchev–Trinajstić information content (AvgIpc) is 2.82. The summed E-state index contributed by atoms with van der Waals surface area (Å²) < 4.78 is 0. The lowest BCUT2D eigenvalue weighted by molar-refractivity contribution is -0.148. The highest BCUT2D eigenvalue weighted by Crippen LogP contribution is 2.55. The minimum Gasteiger partial charge on any atom is -0.391 e. The number of hydrogen-bond donors (Lipinski definition) is 4. The average molecular weight is 547 g/mol. The third-order valence-corrected chi connectivity index (χ3v) is 10.0. The Morgan fingerprint density at radius 2 is 1.87 bits per heavy atom. The molecule has 1 aliphatic heterocycles. The molecular weight excluding hydrogens is 504 g/mol. The zero-order valence-corrected chi connectivity index (χ0v) is 23.5. The Labute approximate surface area is 230 Å². The van der Waals surface area contributed by atoms with E-state index in [1.165, 1.54) is 0 Å². The SMILES string of the molecule is C[C@H](C[C@H](O)[C@@H](N)CN1CC(=O)N(c2ccccc2Cl)CC1(C)C)C(=O)NC1C2CC3CC1CC(O)(C3)C2. The number of nitrogens with two attached hydrogens (primary N) is 1. The van der Waals surface area contributed by atoms with Crippen LogP contribution in [-0.2, 0) is 9.59 Å². The maximum Gasteiger partial charge on any atom is 0.241 e. The highest BCUT2D eigenvalue weighted by Gasteiger charge is 2.55. The van der Waals surface area contributed by atoms with Crippen molar-refractivity contribution in [1.82, 2.24) is 10.2 Å². The summed E-state index contributed by atoms with van der Waals surface area (Å²) in [5, 5.41) is 25.6. The van der Waals surface area contributed by atoms with E-state index in [-0.39, 0.29) is 42.3 Å². The van der Waals surface area contributed by atoms with Gasteiger partial charge in [-0.25, -0.2) is 0 Å². The van der Waals surface area contributed by atoms with Crippen LogP contribution in [0, 0.1) is 23.7 Å². The van der Waals surface area contributed by atoms with Gasteiger partial charge in [0.2, 0.25) is 11.8 Å². The lowest BCUT2D eigenvalue weighted by Gasteiger charge is -2.58. The van der Waals surface area contributed by atoms with Crippen molar-refractivity contribution in [3.05, 3.63) is 29.3 Å². The first-order valence-electron chi connectivity index (χ1n) is 14.1. The molecule has 1 aromatic rings. The molecule has 9 heteroatoms. The second kappa shape index (κ2) is 10.4. The fourth-order valence-corrected chi connectivity index (χ4v) is 8.02. The highest BCUT2D eigenvalue weighted by atomic mass is 35.5. The summed E-state index contributed by atoms with van der Waals surface area (Å²) in [6.45, 7) is 6.92. The van der Waals surface area contributed by atoms with Gasteiger partial charge in [0.05, 0.1) is 29.0 Å². The molecule has 4 saturated carbocycles. The Morgan fingerprint density at radius 3 is 2.50 bits per heavy atom. The predicted molar refractivity (Wildman–Crippen MR) is 148 cm³/mol. The summed E-state index contributed by atoms with van der Waals surface area (Å²) in [6.07, 6.45) is 4.04. The largest absolute Gasteiger partial charge is 0.391 e. The van der Waals surface area contributed by atoms with Crippen molar-refractivity contribution in [2.45, 2.75) is 88.6 Å². The van der Waals surface area contributed by atoms with Gasteiger partial charge in [-0.1, -0.05) is 30.7 Å². The van der Waals surface area contributed by atoms with Crippen molar-refractivity contribution in [3.8, 4) is 0 Å². The van der Waals surface area contributed by atoms with E-state index < -0.39 is 17.7 Å². The zero-order chi connectivity index (χ0) is 27.4. The number of nitrogens with zero attached hydrogens (tertiary/aromatic N) is 2. The number of rotatable bonds is 8. The van der Waals surface area contributed by atoms with E-state index in [1.54, 1.807) is 11.0 Å². The van der Waals surface area contributed by atoms with Crippen molar-refractivity contribution in [2.75, 3.05) is 24.5 Å². The normalized spacial score (nSPS) is 34.7. The molecule has 8 nitrogen and oxygen atoms in total. The van der Waals surface area contributed by atoms with Gasteiger partial charge >= 0.3 is 0 Å². The molecule has 2 unspecified atom stereocenters. The van der Waals surface area contributed by atoms with E-state index in [9.17, 15) is 19.8 Å². The number of amides is 2. The molecule has 0 spiro atoms. The number of hydrogen-bond acceptors (Lipinski definition) is 6. The second-order valence-corrected chi connectivity index (χ2v) is 13.6. The molecule has 4 aliphatic carbocycles. The van der Waals surface area contributed by atoms with Crippen LogP contribution in [0.2, 0.25) is 5.02 Å². The van der Waals surface area contributed by atoms with E-state index in [1.807, 2.05) is 30.0 Å². The Balaban J connectivity index is 1.14. The number of carbonyl (C=O) groups is 2. The number of carbonyl (C=O) groups excluding carboxylic acids is 2. The van der Waals surface area contributed by atoms with Gasteiger partial charge in [0.1, 0.15) is 0 Å². The number of para-hydroxylation sites is 1. The minimum atomic E-state index is -0.873. The third kappa shape index (κ3) is 5.48. The van der Waals surface area contributed by atoms with E-state index >= 15 is 0 Å². The van der Waals surface area contributed by atoms with E-state index in [2.05, 4.69) is 19.2 Å². The van der Waals surface area contributed by atoms with Crippen LogP contribution in [0.4, 0.5) is 5.69 Å². The fraction of sp³-hybridized carbons (Fsp3) is 0.724. The van der Waals surface area contributed by atoms with Gasteiger partial charge in [-0.2, -0.15) is 0 Å². The van der Waals surface area contributed by atoms with Crippen LogP contribution >= 0.6 is 11.6 Å². The maximum absolute atomic E-state index is 13.1. The molecule has 0 aromatic heterocycles. The Bertz CT molecular complexity index is 1050. The lowest BCUT2D eigenvalue weighted by atomic mass is 9.52. The number of benzene rings is 1. The van der Waals surface area contributed by atoms with Gasteiger partial charge in [-0.3, -0.25) is 14.5 Å². The van der Waals surface area contributed by atoms with Gasteiger partial charge < -0.3 is 26.2 Å². The molecule has 1 saturated heterocycles. The monoisotopic (exact) mass is 546 g/mol. The zero-order valence-electron chi connectivity index (χ0n) is 22.8. The molecule has 210 valence electrons. The van der Waals surface area contributed by atoms with Gasteiger partial charge in [0, 0.05) is 36.6 Å². The van der Waals surface area contributed by atoms with Gasteiger partial charge in [-0.05, 0) is 82.3 Å². The molecule has 5 aliphatic rings. The van der Waals surface area contributed by atoms with Crippen molar-refractivity contribution in [2.24, 2.45) is 29.4 Å². The number of anilines is 1. The summed E-state index contributed by atoms with van der Waals surface area (Å²) in [5.74, 6) is 0.780. The molecule has 5 fully saturated rings. The topological polar surface area (TPSA) is 119 Å². The number of aliphatic hydroxyl groups is 2. The summed E-state index contributed by atoms with van der Waals surface area (Å²) >= 11 is 6.35. The van der Waals surface area contributed by atoms with Gasteiger partial charge in [-0.15, -0.1) is 0 Å². The van der Waals surface area contributed by atoms with Crippen LogP contribution in [0.15, 0.2) is 24.3 Å².